The van der Waals surface area contributed by atoms with E-state index in [1.54, 1.807) is 0 Å². The van der Waals surface area contributed by atoms with Crippen LogP contribution in [0.4, 0.5) is 16.2 Å². The van der Waals surface area contributed by atoms with Crippen LogP contribution in [0.3, 0.4) is 0 Å². The van der Waals surface area contributed by atoms with Crippen molar-refractivity contribution in [3.63, 3.8) is 0 Å². The van der Waals surface area contributed by atoms with E-state index >= 15 is 0 Å². The number of urea groups is 1. The van der Waals surface area contributed by atoms with Gasteiger partial charge in [-0.1, -0.05) is 31.2 Å². The highest BCUT2D eigenvalue weighted by Gasteiger charge is 2.30. The van der Waals surface area contributed by atoms with Crippen molar-refractivity contribution in [3.05, 3.63) is 59.7 Å². The molecule has 28 heavy (non-hydrogen) atoms. The van der Waals surface area contributed by atoms with Crippen molar-refractivity contribution in [1.29, 1.82) is 0 Å². The van der Waals surface area contributed by atoms with Gasteiger partial charge < -0.3 is 15.5 Å². The highest BCUT2D eigenvalue weighted by molar-refractivity contribution is 5.92. The first kappa shape index (κ1) is 19.9. The van der Waals surface area contributed by atoms with Crippen molar-refractivity contribution in [2.45, 2.75) is 33.6 Å². The Morgan fingerprint density at radius 1 is 0.929 bits per heavy atom. The average Bonchev–Trinajstić information content (AvgIpc) is 2.71. The van der Waals surface area contributed by atoms with Gasteiger partial charge in [-0.2, -0.15) is 0 Å². The Hall–Kier alpha value is -2.82. The van der Waals surface area contributed by atoms with Gasteiger partial charge in [-0.3, -0.25) is 4.79 Å². The summed E-state index contributed by atoms with van der Waals surface area (Å²) in [7, 11) is 0. The van der Waals surface area contributed by atoms with E-state index in [2.05, 4.69) is 17.6 Å². The van der Waals surface area contributed by atoms with E-state index in [0.29, 0.717) is 13.1 Å². The molecule has 148 valence electrons. The lowest BCUT2D eigenvalue weighted by molar-refractivity contribution is -0.121. The first-order valence-electron chi connectivity index (χ1n) is 9.93. The Morgan fingerprint density at radius 3 is 2.25 bits per heavy atom. The molecule has 0 unspecified atom stereocenters. The quantitative estimate of drug-likeness (QED) is 0.800. The summed E-state index contributed by atoms with van der Waals surface area (Å²) in [5.74, 6) is 0.253. The lowest BCUT2D eigenvalue weighted by Crippen LogP contribution is -2.43. The molecule has 1 aliphatic heterocycles. The normalized spacial score (nSPS) is 15.8. The number of carbonyl (C=O) groups excluding carboxylic acids is 2. The number of amides is 3. The zero-order chi connectivity index (χ0) is 20.1. The fraction of sp³-hybridized carbons (Fsp3) is 0.391. The molecule has 3 rings (SSSR count). The molecule has 5 heteroatoms. The van der Waals surface area contributed by atoms with Crippen molar-refractivity contribution in [2.75, 3.05) is 23.7 Å². The van der Waals surface area contributed by atoms with Crippen LogP contribution in [0.5, 0.6) is 0 Å². The first-order valence-corrected chi connectivity index (χ1v) is 9.93. The molecule has 2 aromatic rings. The molecule has 0 aromatic heterocycles. The summed E-state index contributed by atoms with van der Waals surface area (Å²) < 4.78 is 0. The fourth-order valence-corrected chi connectivity index (χ4v) is 3.62. The van der Waals surface area contributed by atoms with Gasteiger partial charge in [0.15, 0.2) is 0 Å². The first-order chi connectivity index (χ1) is 13.4. The SMILES string of the molecule is Cc1ccc(NC(=O)[C@H](C)C2CCN(C(=O)Nc3ccccc3)CC2)cc1C. The number of benzene rings is 2. The Labute approximate surface area is 167 Å². The maximum absolute atomic E-state index is 12.7. The summed E-state index contributed by atoms with van der Waals surface area (Å²) >= 11 is 0. The molecular weight excluding hydrogens is 350 g/mol. The van der Waals surface area contributed by atoms with E-state index < -0.39 is 0 Å². The third-order valence-corrected chi connectivity index (χ3v) is 5.75. The summed E-state index contributed by atoms with van der Waals surface area (Å²) in [5.41, 5.74) is 4.03. The van der Waals surface area contributed by atoms with Gasteiger partial charge >= 0.3 is 6.03 Å². The molecule has 0 spiro atoms. The molecule has 2 N–H and O–H groups in total. The molecule has 1 heterocycles. The van der Waals surface area contributed by atoms with E-state index in [4.69, 9.17) is 0 Å². The van der Waals surface area contributed by atoms with Crippen LogP contribution in [0.25, 0.3) is 0 Å². The highest BCUT2D eigenvalue weighted by Crippen LogP contribution is 2.27. The molecule has 2 aromatic carbocycles. The second-order valence-electron chi connectivity index (χ2n) is 7.70. The second-order valence-corrected chi connectivity index (χ2v) is 7.70. The van der Waals surface area contributed by atoms with Gasteiger partial charge in [-0.05, 0) is 68.0 Å². The van der Waals surface area contributed by atoms with Crippen LogP contribution < -0.4 is 10.6 Å². The molecule has 1 aliphatic rings. The smallest absolute Gasteiger partial charge is 0.321 e. The van der Waals surface area contributed by atoms with E-state index in [1.807, 2.05) is 67.3 Å². The maximum atomic E-state index is 12.7. The third-order valence-electron chi connectivity index (χ3n) is 5.75. The summed E-state index contributed by atoms with van der Waals surface area (Å²) in [6, 6.07) is 15.4. The summed E-state index contributed by atoms with van der Waals surface area (Å²) in [6.07, 6.45) is 1.67. The molecule has 1 saturated heterocycles. The van der Waals surface area contributed by atoms with E-state index in [-0.39, 0.29) is 23.8 Å². The summed E-state index contributed by atoms with van der Waals surface area (Å²) in [6.45, 7) is 7.44. The van der Waals surface area contributed by atoms with E-state index in [0.717, 1.165) is 24.2 Å². The van der Waals surface area contributed by atoms with Crippen molar-refractivity contribution in [2.24, 2.45) is 11.8 Å². The molecule has 0 bridgehead atoms. The molecule has 5 nitrogen and oxygen atoms in total. The largest absolute Gasteiger partial charge is 0.326 e. The minimum absolute atomic E-state index is 0.0513. The average molecular weight is 380 g/mol. The molecule has 0 radical (unpaired) electrons. The lowest BCUT2D eigenvalue weighted by Gasteiger charge is -2.34. The number of rotatable bonds is 4. The van der Waals surface area contributed by atoms with Gasteiger partial charge in [0.25, 0.3) is 0 Å². The van der Waals surface area contributed by atoms with Crippen LogP contribution >= 0.6 is 0 Å². The monoisotopic (exact) mass is 379 g/mol. The number of likely N-dealkylation sites (tertiary alicyclic amines) is 1. The number of anilines is 2. The number of carbonyl (C=O) groups is 2. The van der Waals surface area contributed by atoms with Gasteiger partial charge in [-0.25, -0.2) is 4.79 Å². The van der Waals surface area contributed by atoms with Gasteiger partial charge in [0, 0.05) is 30.4 Å². The van der Waals surface area contributed by atoms with Crippen molar-refractivity contribution in [1.82, 2.24) is 4.90 Å². The number of para-hydroxylation sites is 1. The van der Waals surface area contributed by atoms with Crippen molar-refractivity contribution in [3.8, 4) is 0 Å². The zero-order valence-corrected chi connectivity index (χ0v) is 16.9. The Balaban J connectivity index is 1.50. The maximum Gasteiger partial charge on any atom is 0.321 e. The van der Waals surface area contributed by atoms with Gasteiger partial charge in [-0.15, -0.1) is 0 Å². The van der Waals surface area contributed by atoms with Crippen LogP contribution in [0.1, 0.15) is 30.9 Å². The predicted molar refractivity (Wildman–Crippen MR) is 113 cm³/mol. The van der Waals surface area contributed by atoms with E-state index in [9.17, 15) is 9.59 Å². The topological polar surface area (TPSA) is 61.4 Å². The Morgan fingerprint density at radius 2 is 1.61 bits per heavy atom. The van der Waals surface area contributed by atoms with Gasteiger partial charge in [0.05, 0.1) is 0 Å². The van der Waals surface area contributed by atoms with E-state index in [1.165, 1.54) is 11.1 Å². The fourth-order valence-electron chi connectivity index (χ4n) is 3.62. The number of nitrogens with zero attached hydrogens (tertiary/aromatic N) is 1. The minimum Gasteiger partial charge on any atom is -0.326 e. The molecule has 0 aliphatic carbocycles. The standard InChI is InChI=1S/C23H29N3O2/c1-16-9-10-21(15-17(16)2)24-22(27)18(3)19-11-13-26(14-12-19)23(28)25-20-7-5-4-6-8-20/h4-10,15,18-19H,11-14H2,1-3H3,(H,24,27)(H,25,28)/t18-/m1/s1. The number of nitrogens with one attached hydrogen (secondary N) is 2. The molecule has 1 fully saturated rings. The van der Waals surface area contributed by atoms with Crippen molar-refractivity contribution < 1.29 is 9.59 Å². The molecular formula is C23H29N3O2. The van der Waals surface area contributed by atoms with Crippen LogP contribution in [0.2, 0.25) is 0 Å². The zero-order valence-electron chi connectivity index (χ0n) is 16.9. The lowest BCUT2D eigenvalue weighted by atomic mass is 9.85. The molecule has 3 amide bonds. The van der Waals surface area contributed by atoms with Crippen LogP contribution in [0, 0.1) is 25.7 Å². The number of hydrogen-bond donors (Lipinski definition) is 2. The summed E-state index contributed by atoms with van der Waals surface area (Å²) in [5, 5.41) is 5.97. The number of hydrogen-bond acceptors (Lipinski definition) is 2. The third kappa shape index (κ3) is 4.91. The van der Waals surface area contributed by atoms with Crippen LogP contribution in [-0.4, -0.2) is 29.9 Å². The highest BCUT2D eigenvalue weighted by atomic mass is 16.2. The van der Waals surface area contributed by atoms with Crippen molar-refractivity contribution >= 4 is 23.3 Å². The van der Waals surface area contributed by atoms with Gasteiger partial charge in [0.2, 0.25) is 5.91 Å². The van der Waals surface area contributed by atoms with Crippen LogP contribution in [0.15, 0.2) is 48.5 Å². The number of aryl methyl sites for hydroxylation is 2. The van der Waals surface area contributed by atoms with Crippen LogP contribution in [-0.2, 0) is 4.79 Å². The minimum atomic E-state index is -0.0825. The molecule has 1 atom stereocenters. The molecule has 0 saturated carbocycles. The second kappa shape index (κ2) is 8.91. The Bertz CT molecular complexity index is 827. The van der Waals surface area contributed by atoms with Gasteiger partial charge in [0.1, 0.15) is 0 Å². The number of piperidine rings is 1. The predicted octanol–water partition coefficient (Wildman–Crippen LogP) is 4.82. The Kier molecular flexibility index (Phi) is 6.34. The summed E-state index contributed by atoms with van der Waals surface area (Å²) in [4.78, 5) is 26.9.